The predicted octanol–water partition coefficient (Wildman–Crippen LogP) is 2.27. The maximum absolute atomic E-state index is 13.4. The number of halogens is 2. The number of nitrogens with two attached hydrogens (primary N) is 1. The Morgan fingerprint density at radius 2 is 2.13 bits per heavy atom. The van der Waals surface area contributed by atoms with E-state index in [0.29, 0.717) is 11.5 Å². The molecule has 0 saturated heterocycles. The number of hydrogen-bond acceptors (Lipinski definition) is 2. The molecule has 1 aliphatic rings. The summed E-state index contributed by atoms with van der Waals surface area (Å²) in [6, 6.07) is 3.18. The van der Waals surface area contributed by atoms with Crippen LogP contribution >= 0.6 is 0 Å². The van der Waals surface area contributed by atoms with Gasteiger partial charge in [-0.25, -0.2) is 8.78 Å². The molecular weight excluding hydrogens is 198 g/mol. The van der Waals surface area contributed by atoms with Crippen LogP contribution in [0.25, 0.3) is 0 Å². The average molecular weight is 212 g/mol. The Hall–Kier alpha value is -1.00. The van der Waals surface area contributed by atoms with Crippen LogP contribution in [0.3, 0.4) is 0 Å². The number of benzene rings is 1. The third-order valence-electron chi connectivity index (χ3n) is 2.80. The molecular formula is C11H14F2N2. The molecule has 4 heteroatoms. The Morgan fingerprint density at radius 3 is 2.73 bits per heavy atom. The fourth-order valence-electron chi connectivity index (χ4n) is 1.75. The molecule has 15 heavy (non-hydrogen) atoms. The van der Waals surface area contributed by atoms with E-state index in [4.69, 9.17) is 5.84 Å². The largest absolute Gasteiger partial charge is 0.271 e. The molecule has 3 N–H and O–H groups in total. The summed E-state index contributed by atoms with van der Waals surface area (Å²) in [5.74, 6) is 5.13. The minimum absolute atomic E-state index is 0.284. The lowest BCUT2D eigenvalue weighted by molar-refractivity contribution is 0.459. The van der Waals surface area contributed by atoms with E-state index in [1.807, 2.05) is 0 Å². The zero-order valence-corrected chi connectivity index (χ0v) is 8.34. The summed E-state index contributed by atoms with van der Waals surface area (Å²) >= 11 is 0. The van der Waals surface area contributed by atoms with E-state index < -0.39 is 11.6 Å². The molecule has 1 aromatic rings. The smallest absolute Gasteiger partial charge is 0.128 e. The zero-order valence-electron chi connectivity index (χ0n) is 8.34. The molecule has 1 fully saturated rings. The first kappa shape index (κ1) is 10.5. The van der Waals surface area contributed by atoms with Crippen molar-refractivity contribution in [3.8, 4) is 0 Å². The second-order valence-corrected chi connectivity index (χ2v) is 4.06. The Bertz CT molecular complexity index is 350. The van der Waals surface area contributed by atoms with Crippen molar-refractivity contribution in [3.05, 3.63) is 35.4 Å². The third kappa shape index (κ3) is 2.52. The van der Waals surface area contributed by atoms with Crippen molar-refractivity contribution in [1.29, 1.82) is 0 Å². The van der Waals surface area contributed by atoms with Gasteiger partial charge in [-0.2, -0.15) is 0 Å². The van der Waals surface area contributed by atoms with Gasteiger partial charge in [0.05, 0.1) is 0 Å². The van der Waals surface area contributed by atoms with Gasteiger partial charge in [0.2, 0.25) is 0 Å². The number of nitrogens with one attached hydrogen (secondary N) is 1. The van der Waals surface area contributed by atoms with Crippen molar-refractivity contribution >= 4 is 0 Å². The molecule has 0 heterocycles. The van der Waals surface area contributed by atoms with Gasteiger partial charge in [-0.1, -0.05) is 12.8 Å². The highest BCUT2D eigenvalue weighted by molar-refractivity contribution is 5.22. The van der Waals surface area contributed by atoms with Crippen molar-refractivity contribution in [2.75, 3.05) is 0 Å². The van der Waals surface area contributed by atoms with E-state index in [1.54, 1.807) is 0 Å². The highest BCUT2D eigenvalue weighted by Gasteiger charge is 2.27. The highest BCUT2D eigenvalue weighted by atomic mass is 19.1. The van der Waals surface area contributed by atoms with Crippen LogP contribution in [0, 0.1) is 17.6 Å². The summed E-state index contributed by atoms with van der Waals surface area (Å²) in [4.78, 5) is 0. The first-order chi connectivity index (χ1) is 7.20. The van der Waals surface area contributed by atoms with E-state index in [-0.39, 0.29) is 6.04 Å². The first-order valence-electron chi connectivity index (χ1n) is 5.12. The lowest BCUT2D eigenvalue weighted by Crippen LogP contribution is -2.29. The molecule has 2 nitrogen and oxygen atoms in total. The normalized spacial score (nSPS) is 17.8. The maximum Gasteiger partial charge on any atom is 0.128 e. The summed E-state index contributed by atoms with van der Waals surface area (Å²) in [6.07, 6.45) is 3.10. The Morgan fingerprint density at radius 1 is 1.40 bits per heavy atom. The second kappa shape index (κ2) is 4.24. The summed E-state index contributed by atoms with van der Waals surface area (Å²) in [7, 11) is 0. The van der Waals surface area contributed by atoms with Gasteiger partial charge in [0, 0.05) is 11.6 Å². The first-order valence-corrected chi connectivity index (χ1v) is 5.12. The number of hydrogen-bond donors (Lipinski definition) is 2. The van der Waals surface area contributed by atoms with Gasteiger partial charge in [-0.15, -0.1) is 0 Å². The van der Waals surface area contributed by atoms with Crippen LogP contribution in [0.5, 0.6) is 0 Å². The van der Waals surface area contributed by atoms with Crippen LogP contribution in [0.15, 0.2) is 18.2 Å². The SMILES string of the molecule is NNC(CC1CC1)c1cc(F)ccc1F. The minimum Gasteiger partial charge on any atom is -0.271 e. The molecule has 0 spiro atoms. The number of rotatable bonds is 4. The van der Waals surface area contributed by atoms with E-state index in [1.165, 1.54) is 6.07 Å². The average Bonchev–Trinajstić information content (AvgIpc) is 3.02. The fraction of sp³-hybridized carbons (Fsp3) is 0.455. The number of hydrazine groups is 1. The third-order valence-corrected chi connectivity index (χ3v) is 2.80. The maximum atomic E-state index is 13.4. The van der Waals surface area contributed by atoms with E-state index in [9.17, 15) is 8.78 Å². The Kier molecular flexibility index (Phi) is 2.98. The predicted molar refractivity (Wildman–Crippen MR) is 53.8 cm³/mol. The summed E-state index contributed by atoms with van der Waals surface area (Å²) in [5.41, 5.74) is 2.87. The summed E-state index contributed by atoms with van der Waals surface area (Å²) in [5, 5.41) is 0. The highest BCUT2D eigenvalue weighted by Crippen LogP contribution is 2.37. The van der Waals surface area contributed by atoms with Gasteiger partial charge in [0.25, 0.3) is 0 Å². The van der Waals surface area contributed by atoms with Crippen molar-refractivity contribution in [3.63, 3.8) is 0 Å². The van der Waals surface area contributed by atoms with Gasteiger partial charge in [-0.3, -0.25) is 11.3 Å². The minimum atomic E-state index is -0.428. The molecule has 2 rings (SSSR count). The Labute approximate surface area is 87.4 Å². The molecule has 0 aromatic heterocycles. The quantitative estimate of drug-likeness (QED) is 0.593. The molecule has 0 bridgehead atoms. The molecule has 1 saturated carbocycles. The van der Waals surface area contributed by atoms with E-state index >= 15 is 0 Å². The molecule has 1 unspecified atom stereocenters. The van der Waals surface area contributed by atoms with Crippen LogP contribution in [0.2, 0.25) is 0 Å². The molecule has 1 atom stereocenters. The molecule has 0 radical (unpaired) electrons. The van der Waals surface area contributed by atoms with E-state index in [2.05, 4.69) is 5.43 Å². The fourth-order valence-corrected chi connectivity index (χ4v) is 1.75. The van der Waals surface area contributed by atoms with Crippen LogP contribution in [-0.2, 0) is 0 Å². The van der Waals surface area contributed by atoms with Gasteiger partial charge < -0.3 is 0 Å². The van der Waals surface area contributed by atoms with Crippen LogP contribution in [0.4, 0.5) is 8.78 Å². The standard InChI is InChI=1S/C11H14F2N2/c12-8-3-4-10(13)9(6-8)11(15-14)5-7-1-2-7/h3-4,6-7,11,15H,1-2,5,14H2. The van der Waals surface area contributed by atoms with Gasteiger partial charge in [-0.05, 0) is 30.5 Å². The molecule has 0 aliphatic heterocycles. The molecule has 1 aromatic carbocycles. The Balaban J connectivity index is 2.19. The lowest BCUT2D eigenvalue weighted by Gasteiger charge is -2.16. The zero-order chi connectivity index (χ0) is 10.8. The topological polar surface area (TPSA) is 38.0 Å². The van der Waals surface area contributed by atoms with Crippen molar-refractivity contribution in [1.82, 2.24) is 5.43 Å². The molecule has 82 valence electrons. The van der Waals surface area contributed by atoms with Crippen LogP contribution in [-0.4, -0.2) is 0 Å². The van der Waals surface area contributed by atoms with Crippen LogP contribution < -0.4 is 11.3 Å². The summed E-state index contributed by atoms with van der Waals surface area (Å²) < 4.78 is 26.4. The second-order valence-electron chi connectivity index (χ2n) is 4.06. The monoisotopic (exact) mass is 212 g/mol. The van der Waals surface area contributed by atoms with Gasteiger partial charge in [0.15, 0.2) is 0 Å². The van der Waals surface area contributed by atoms with Gasteiger partial charge in [0.1, 0.15) is 11.6 Å². The molecule has 0 amide bonds. The molecule has 1 aliphatic carbocycles. The van der Waals surface area contributed by atoms with E-state index in [0.717, 1.165) is 31.4 Å². The van der Waals surface area contributed by atoms with Crippen LogP contribution in [0.1, 0.15) is 30.9 Å². The van der Waals surface area contributed by atoms with Crippen molar-refractivity contribution in [2.45, 2.75) is 25.3 Å². The lowest BCUT2D eigenvalue weighted by atomic mass is 10.0. The van der Waals surface area contributed by atoms with Crippen molar-refractivity contribution < 1.29 is 8.78 Å². The van der Waals surface area contributed by atoms with Crippen molar-refractivity contribution in [2.24, 2.45) is 11.8 Å². The van der Waals surface area contributed by atoms with Gasteiger partial charge >= 0.3 is 0 Å². The summed E-state index contributed by atoms with van der Waals surface area (Å²) in [6.45, 7) is 0.